The monoisotopic (exact) mass is 414 g/mol. The predicted octanol–water partition coefficient (Wildman–Crippen LogP) is 4.70. The number of nitrogens with zero attached hydrogens (tertiary/aromatic N) is 1. The van der Waals surface area contributed by atoms with Gasteiger partial charge >= 0.3 is 12.1 Å². The lowest BCUT2D eigenvalue weighted by Gasteiger charge is -2.24. The maximum absolute atomic E-state index is 12.4. The fraction of sp³-hybridized carbons (Fsp3) is 0.500. The van der Waals surface area contributed by atoms with Crippen molar-refractivity contribution in [1.82, 2.24) is 9.88 Å². The van der Waals surface area contributed by atoms with Crippen LogP contribution in [0.5, 0.6) is 0 Å². The van der Waals surface area contributed by atoms with E-state index in [4.69, 9.17) is 9.47 Å². The number of carbonyl (C=O) groups is 2. The minimum absolute atomic E-state index is 0.127. The minimum Gasteiger partial charge on any atom is -0.465 e. The Morgan fingerprint density at radius 1 is 1.13 bits per heavy atom. The second-order valence-electron chi connectivity index (χ2n) is 8.87. The molecule has 30 heavy (non-hydrogen) atoms. The van der Waals surface area contributed by atoms with Crippen molar-refractivity contribution in [3.63, 3.8) is 0 Å². The van der Waals surface area contributed by atoms with E-state index in [-0.39, 0.29) is 18.0 Å². The van der Waals surface area contributed by atoms with Crippen LogP contribution >= 0.6 is 0 Å². The Morgan fingerprint density at radius 2 is 1.80 bits per heavy atom. The van der Waals surface area contributed by atoms with Gasteiger partial charge in [0.2, 0.25) is 0 Å². The quantitative estimate of drug-likeness (QED) is 0.636. The normalized spacial score (nSPS) is 11.4. The van der Waals surface area contributed by atoms with Gasteiger partial charge in [0.15, 0.2) is 0 Å². The Labute approximate surface area is 179 Å². The number of esters is 1. The number of benzene rings is 1. The van der Waals surface area contributed by atoms with E-state index >= 15 is 0 Å². The maximum Gasteiger partial charge on any atom is 0.407 e. The van der Waals surface area contributed by atoms with Crippen molar-refractivity contribution in [2.75, 3.05) is 13.7 Å². The zero-order valence-electron chi connectivity index (χ0n) is 19.0. The first kappa shape index (κ1) is 23.5. The van der Waals surface area contributed by atoms with Crippen LogP contribution in [-0.2, 0) is 34.5 Å². The van der Waals surface area contributed by atoms with Crippen LogP contribution in [0.15, 0.2) is 36.4 Å². The molecule has 1 amide bonds. The molecular weight excluding hydrogens is 380 g/mol. The predicted molar refractivity (Wildman–Crippen MR) is 118 cm³/mol. The van der Waals surface area contributed by atoms with Crippen LogP contribution < -0.4 is 5.32 Å². The molecule has 0 radical (unpaired) electrons. The van der Waals surface area contributed by atoms with Crippen molar-refractivity contribution in [2.24, 2.45) is 5.92 Å². The van der Waals surface area contributed by atoms with Crippen LogP contribution in [-0.4, -0.2) is 30.3 Å². The Hall–Kier alpha value is -2.76. The van der Waals surface area contributed by atoms with E-state index in [9.17, 15) is 9.59 Å². The number of carbonyl (C=O) groups excluding carboxylic acids is 2. The standard InChI is InChI=1S/C24H34N2O4/c1-17(2)15-26-20(19(22(27)29-6)14-21(26)24(3,4)5)12-13-25-23(28)30-16-18-10-8-7-9-11-18/h7-11,14,17H,12-13,15-16H2,1-6H3,(H,25,28). The average molecular weight is 415 g/mol. The summed E-state index contributed by atoms with van der Waals surface area (Å²) in [5.41, 5.74) is 3.32. The summed E-state index contributed by atoms with van der Waals surface area (Å²) < 4.78 is 12.5. The lowest BCUT2D eigenvalue weighted by molar-refractivity contribution is 0.0599. The summed E-state index contributed by atoms with van der Waals surface area (Å²) in [5.74, 6) is 0.0520. The van der Waals surface area contributed by atoms with Crippen LogP contribution in [0.4, 0.5) is 4.79 Å². The van der Waals surface area contributed by atoms with E-state index in [0.29, 0.717) is 24.4 Å². The largest absolute Gasteiger partial charge is 0.465 e. The van der Waals surface area contributed by atoms with E-state index in [2.05, 4.69) is 44.5 Å². The van der Waals surface area contributed by atoms with E-state index in [1.807, 2.05) is 36.4 Å². The zero-order chi connectivity index (χ0) is 22.3. The van der Waals surface area contributed by atoms with E-state index < -0.39 is 6.09 Å². The number of aromatic nitrogens is 1. The lowest BCUT2D eigenvalue weighted by atomic mass is 9.91. The number of amides is 1. The highest BCUT2D eigenvalue weighted by Gasteiger charge is 2.27. The summed E-state index contributed by atoms with van der Waals surface area (Å²) in [6.07, 6.45) is 0.0321. The lowest BCUT2D eigenvalue weighted by Crippen LogP contribution is -2.28. The third-order valence-corrected chi connectivity index (χ3v) is 4.77. The third-order valence-electron chi connectivity index (χ3n) is 4.77. The van der Waals surface area contributed by atoms with Gasteiger partial charge in [0.25, 0.3) is 0 Å². The highest BCUT2D eigenvalue weighted by atomic mass is 16.5. The molecule has 0 aliphatic rings. The van der Waals surface area contributed by atoms with Gasteiger partial charge in [-0.05, 0) is 17.5 Å². The summed E-state index contributed by atoms with van der Waals surface area (Å²) in [6, 6.07) is 11.5. The van der Waals surface area contributed by atoms with Crippen molar-refractivity contribution < 1.29 is 19.1 Å². The van der Waals surface area contributed by atoms with Gasteiger partial charge in [0, 0.05) is 36.3 Å². The number of hydrogen-bond acceptors (Lipinski definition) is 4. The number of alkyl carbamates (subject to hydrolysis) is 1. The molecule has 1 N–H and O–H groups in total. The van der Waals surface area contributed by atoms with Gasteiger partial charge in [0.05, 0.1) is 12.7 Å². The molecule has 0 aliphatic carbocycles. The van der Waals surface area contributed by atoms with Gasteiger partial charge in [-0.1, -0.05) is 65.0 Å². The molecule has 0 saturated carbocycles. The van der Waals surface area contributed by atoms with Crippen LogP contribution in [0.2, 0.25) is 0 Å². The van der Waals surface area contributed by atoms with Crippen LogP contribution in [0.3, 0.4) is 0 Å². The minimum atomic E-state index is -0.475. The molecule has 2 aromatic rings. The molecule has 0 bridgehead atoms. The summed E-state index contributed by atoms with van der Waals surface area (Å²) in [7, 11) is 1.39. The number of ether oxygens (including phenoxy) is 2. The average Bonchev–Trinajstić information content (AvgIpc) is 3.04. The molecule has 0 atom stereocenters. The number of rotatable bonds is 8. The molecule has 1 aromatic heterocycles. The van der Waals surface area contributed by atoms with E-state index in [1.165, 1.54) is 7.11 Å². The molecule has 6 heteroatoms. The Bertz CT molecular complexity index is 848. The molecule has 6 nitrogen and oxygen atoms in total. The van der Waals surface area contributed by atoms with Gasteiger partial charge in [-0.2, -0.15) is 0 Å². The first-order chi connectivity index (χ1) is 14.1. The van der Waals surface area contributed by atoms with Gasteiger partial charge in [0.1, 0.15) is 6.61 Å². The Morgan fingerprint density at radius 3 is 2.37 bits per heavy atom. The summed E-state index contributed by atoms with van der Waals surface area (Å²) in [6.45, 7) is 12.1. The van der Waals surface area contributed by atoms with Gasteiger partial charge in [-0.3, -0.25) is 0 Å². The summed E-state index contributed by atoms with van der Waals surface area (Å²) in [4.78, 5) is 24.5. The number of hydrogen-bond donors (Lipinski definition) is 1. The zero-order valence-corrected chi connectivity index (χ0v) is 19.0. The third kappa shape index (κ3) is 6.37. The molecule has 0 saturated heterocycles. The van der Waals surface area contributed by atoms with Crippen molar-refractivity contribution >= 4 is 12.1 Å². The molecule has 1 aromatic carbocycles. The molecule has 2 rings (SSSR count). The second kappa shape index (κ2) is 10.3. The molecule has 164 valence electrons. The van der Waals surface area contributed by atoms with E-state index in [1.54, 1.807) is 0 Å². The topological polar surface area (TPSA) is 69.6 Å². The fourth-order valence-corrected chi connectivity index (χ4v) is 3.40. The Balaban J connectivity index is 2.13. The first-order valence-electron chi connectivity index (χ1n) is 10.4. The molecule has 1 heterocycles. The summed E-state index contributed by atoms with van der Waals surface area (Å²) in [5, 5.41) is 2.79. The smallest absolute Gasteiger partial charge is 0.407 e. The molecule has 0 spiro atoms. The SMILES string of the molecule is COC(=O)c1cc(C(C)(C)C)n(CC(C)C)c1CCNC(=O)OCc1ccccc1. The van der Waals surface area contributed by atoms with Crippen LogP contribution in [0, 0.1) is 5.92 Å². The fourth-order valence-electron chi connectivity index (χ4n) is 3.40. The number of methoxy groups -OCH3 is 1. The van der Waals surface area contributed by atoms with Crippen LogP contribution in [0.25, 0.3) is 0 Å². The van der Waals surface area contributed by atoms with Crippen LogP contribution in [0.1, 0.15) is 61.9 Å². The highest BCUT2D eigenvalue weighted by molar-refractivity contribution is 5.91. The maximum atomic E-state index is 12.4. The molecular formula is C24H34N2O4. The molecule has 0 unspecified atom stereocenters. The number of nitrogens with one attached hydrogen (secondary N) is 1. The van der Waals surface area contributed by atoms with Gasteiger partial charge in [-0.15, -0.1) is 0 Å². The van der Waals surface area contributed by atoms with Gasteiger partial charge in [-0.25, -0.2) is 9.59 Å². The van der Waals surface area contributed by atoms with Crippen molar-refractivity contribution in [3.8, 4) is 0 Å². The molecule has 0 aliphatic heterocycles. The molecule has 0 fully saturated rings. The Kier molecular flexibility index (Phi) is 8.09. The van der Waals surface area contributed by atoms with Crippen molar-refractivity contribution in [1.29, 1.82) is 0 Å². The first-order valence-corrected chi connectivity index (χ1v) is 10.4. The summed E-state index contributed by atoms with van der Waals surface area (Å²) >= 11 is 0. The van der Waals surface area contributed by atoms with Crippen molar-refractivity contribution in [2.45, 2.75) is 59.6 Å². The van der Waals surface area contributed by atoms with E-state index in [0.717, 1.165) is 23.5 Å². The highest BCUT2D eigenvalue weighted by Crippen LogP contribution is 2.29. The second-order valence-corrected chi connectivity index (χ2v) is 8.87. The van der Waals surface area contributed by atoms with Crippen molar-refractivity contribution in [3.05, 3.63) is 58.9 Å². The van der Waals surface area contributed by atoms with Gasteiger partial charge < -0.3 is 19.4 Å².